The largest absolute Gasteiger partial charge is 0.304 e. The fourth-order valence-electron chi connectivity index (χ4n) is 1.88. The second kappa shape index (κ2) is 6.85. The third-order valence-electron chi connectivity index (χ3n) is 2.91. The molecule has 0 amide bonds. The van der Waals surface area contributed by atoms with Gasteiger partial charge in [0.2, 0.25) is 0 Å². The normalized spacial score (nSPS) is 12.4. The molecule has 0 bridgehead atoms. The number of hydrogen-bond acceptors (Lipinski definition) is 3. The van der Waals surface area contributed by atoms with Crippen molar-refractivity contribution in [3.63, 3.8) is 0 Å². The molecular formula is C14H15Cl2N3. The highest BCUT2D eigenvalue weighted by Gasteiger charge is 2.10. The van der Waals surface area contributed by atoms with Gasteiger partial charge in [-0.3, -0.25) is 0 Å². The van der Waals surface area contributed by atoms with E-state index in [1.54, 1.807) is 6.20 Å². The Kier molecular flexibility index (Phi) is 5.14. The van der Waals surface area contributed by atoms with Gasteiger partial charge in [-0.25, -0.2) is 0 Å². The van der Waals surface area contributed by atoms with Gasteiger partial charge in [0.15, 0.2) is 0 Å². The van der Waals surface area contributed by atoms with Crippen molar-refractivity contribution in [3.05, 3.63) is 57.8 Å². The average Bonchev–Trinajstić information content (AvgIpc) is 2.44. The van der Waals surface area contributed by atoms with Crippen LogP contribution in [0.4, 0.5) is 0 Å². The van der Waals surface area contributed by atoms with Crippen LogP contribution in [-0.2, 0) is 6.54 Å². The van der Waals surface area contributed by atoms with Crippen molar-refractivity contribution < 1.29 is 0 Å². The molecule has 3 nitrogen and oxygen atoms in total. The van der Waals surface area contributed by atoms with E-state index in [0.29, 0.717) is 16.6 Å². The molecule has 0 fully saturated rings. The van der Waals surface area contributed by atoms with Crippen LogP contribution in [-0.4, -0.2) is 10.2 Å². The Bertz CT molecular complexity index is 531. The maximum absolute atomic E-state index is 6.05. The van der Waals surface area contributed by atoms with Crippen molar-refractivity contribution in [1.82, 2.24) is 15.5 Å². The summed E-state index contributed by atoms with van der Waals surface area (Å²) in [6, 6.07) is 9.77. The third kappa shape index (κ3) is 3.90. The summed E-state index contributed by atoms with van der Waals surface area (Å²) in [5, 5.41) is 12.5. The Morgan fingerprint density at radius 1 is 1.21 bits per heavy atom. The van der Waals surface area contributed by atoms with Crippen LogP contribution in [0.2, 0.25) is 10.0 Å². The lowest BCUT2D eigenvalue weighted by Gasteiger charge is -2.17. The number of halogens is 2. The van der Waals surface area contributed by atoms with E-state index < -0.39 is 0 Å². The van der Waals surface area contributed by atoms with Crippen LogP contribution in [0.3, 0.4) is 0 Å². The standard InChI is InChI=1S/C14H15Cl2N3/c1-2-14(10-5-6-12(15)13(16)8-10)17-9-11-4-3-7-18-19-11/h3-8,14,17H,2,9H2,1H3. The molecule has 2 aromatic rings. The number of nitrogens with one attached hydrogen (secondary N) is 1. The summed E-state index contributed by atoms with van der Waals surface area (Å²) in [6.45, 7) is 2.80. The highest BCUT2D eigenvalue weighted by molar-refractivity contribution is 6.42. The van der Waals surface area contributed by atoms with Crippen molar-refractivity contribution in [3.8, 4) is 0 Å². The molecule has 5 heteroatoms. The van der Waals surface area contributed by atoms with Crippen LogP contribution in [0.15, 0.2) is 36.5 Å². The number of nitrogens with zero attached hydrogens (tertiary/aromatic N) is 2. The van der Waals surface area contributed by atoms with Crippen LogP contribution >= 0.6 is 23.2 Å². The Hall–Kier alpha value is -1.16. The van der Waals surface area contributed by atoms with Crippen molar-refractivity contribution in [1.29, 1.82) is 0 Å². The number of rotatable bonds is 5. The Morgan fingerprint density at radius 3 is 2.68 bits per heavy atom. The van der Waals surface area contributed by atoms with Gasteiger partial charge in [-0.1, -0.05) is 36.2 Å². The molecule has 0 spiro atoms. The zero-order valence-electron chi connectivity index (χ0n) is 10.6. The monoisotopic (exact) mass is 295 g/mol. The smallest absolute Gasteiger partial charge is 0.0769 e. The maximum Gasteiger partial charge on any atom is 0.0769 e. The first kappa shape index (κ1) is 14.3. The highest BCUT2D eigenvalue weighted by atomic mass is 35.5. The summed E-state index contributed by atoms with van der Waals surface area (Å²) >= 11 is 12.0. The first-order valence-electron chi connectivity index (χ1n) is 6.15. The quantitative estimate of drug-likeness (QED) is 0.905. The molecule has 0 saturated heterocycles. The molecule has 1 aromatic heterocycles. The third-order valence-corrected chi connectivity index (χ3v) is 3.65. The molecule has 2 rings (SSSR count). The molecule has 0 aliphatic rings. The molecule has 1 heterocycles. The predicted octanol–water partition coefficient (Wildman–Crippen LogP) is 4.02. The van der Waals surface area contributed by atoms with Gasteiger partial charge < -0.3 is 5.32 Å². The van der Waals surface area contributed by atoms with Gasteiger partial charge in [-0.05, 0) is 36.2 Å². The van der Waals surface area contributed by atoms with Gasteiger partial charge in [-0.15, -0.1) is 0 Å². The second-order valence-electron chi connectivity index (χ2n) is 4.23. The Morgan fingerprint density at radius 2 is 2.05 bits per heavy atom. The number of aromatic nitrogens is 2. The van der Waals surface area contributed by atoms with Crippen molar-refractivity contribution in [2.75, 3.05) is 0 Å². The van der Waals surface area contributed by atoms with Gasteiger partial charge in [0.1, 0.15) is 0 Å². The molecule has 0 aliphatic heterocycles. The molecule has 1 unspecified atom stereocenters. The predicted molar refractivity (Wildman–Crippen MR) is 78.4 cm³/mol. The van der Waals surface area contributed by atoms with E-state index in [1.165, 1.54) is 0 Å². The summed E-state index contributed by atoms with van der Waals surface area (Å²) in [7, 11) is 0. The van der Waals surface area contributed by atoms with Crippen LogP contribution < -0.4 is 5.32 Å². The van der Waals surface area contributed by atoms with E-state index in [1.807, 2.05) is 30.3 Å². The molecule has 1 N–H and O–H groups in total. The highest BCUT2D eigenvalue weighted by Crippen LogP contribution is 2.26. The molecule has 19 heavy (non-hydrogen) atoms. The van der Waals surface area contributed by atoms with Crippen LogP contribution in [0.1, 0.15) is 30.6 Å². The first-order chi connectivity index (χ1) is 9.20. The summed E-state index contributed by atoms with van der Waals surface area (Å²) in [4.78, 5) is 0. The summed E-state index contributed by atoms with van der Waals surface area (Å²) < 4.78 is 0. The number of benzene rings is 1. The lowest BCUT2D eigenvalue weighted by Crippen LogP contribution is -2.21. The molecule has 1 aromatic carbocycles. The minimum atomic E-state index is 0.219. The van der Waals surface area contributed by atoms with E-state index in [0.717, 1.165) is 17.7 Å². The van der Waals surface area contributed by atoms with Crippen molar-refractivity contribution >= 4 is 23.2 Å². The maximum atomic E-state index is 6.05. The minimum Gasteiger partial charge on any atom is -0.304 e. The van der Waals surface area contributed by atoms with Crippen LogP contribution in [0, 0.1) is 0 Å². The zero-order valence-corrected chi connectivity index (χ0v) is 12.1. The van der Waals surface area contributed by atoms with E-state index in [-0.39, 0.29) is 6.04 Å². The second-order valence-corrected chi connectivity index (χ2v) is 5.04. The number of hydrogen-bond donors (Lipinski definition) is 1. The lowest BCUT2D eigenvalue weighted by molar-refractivity contribution is 0.512. The van der Waals surface area contributed by atoms with Gasteiger partial charge >= 0.3 is 0 Å². The summed E-state index contributed by atoms with van der Waals surface area (Å²) in [5.41, 5.74) is 2.04. The molecule has 0 aliphatic carbocycles. The van der Waals surface area contributed by atoms with E-state index in [9.17, 15) is 0 Å². The van der Waals surface area contributed by atoms with E-state index in [2.05, 4.69) is 22.4 Å². The molecular weight excluding hydrogens is 281 g/mol. The SMILES string of the molecule is CCC(NCc1cccnn1)c1ccc(Cl)c(Cl)c1. The van der Waals surface area contributed by atoms with Crippen molar-refractivity contribution in [2.24, 2.45) is 0 Å². The van der Waals surface area contributed by atoms with Gasteiger partial charge in [-0.2, -0.15) is 10.2 Å². The first-order valence-corrected chi connectivity index (χ1v) is 6.91. The van der Waals surface area contributed by atoms with Crippen molar-refractivity contribution in [2.45, 2.75) is 25.9 Å². The fraction of sp³-hybridized carbons (Fsp3) is 0.286. The molecule has 0 saturated carbocycles. The van der Waals surface area contributed by atoms with Gasteiger partial charge in [0, 0.05) is 18.8 Å². The van der Waals surface area contributed by atoms with E-state index >= 15 is 0 Å². The molecule has 1 atom stereocenters. The van der Waals surface area contributed by atoms with E-state index in [4.69, 9.17) is 23.2 Å². The lowest BCUT2D eigenvalue weighted by atomic mass is 10.0. The van der Waals surface area contributed by atoms with Gasteiger partial charge in [0.25, 0.3) is 0 Å². The molecule has 0 radical (unpaired) electrons. The summed E-state index contributed by atoms with van der Waals surface area (Å²) in [5.74, 6) is 0. The van der Waals surface area contributed by atoms with Gasteiger partial charge in [0.05, 0.1) is 15.7 Å². The summed E-state index contributed by atoms with van der Waals surface area (Å²) in [6.07, 6.45) is 2.62. The molecule has 100 valence electrons. The average molecular weight is 296 g/mol. The van der Waals surface area contributed by atoms with Crippen LogP contribution in [0.5, 0.6) is 0 Å². The Labute approximate surface area is 123 Å². The fourth-order valence-corrected chi connectivity index (χ4v) is 2.19. The zero-order chi connectivity index (χ0) is 13.7. The Balaban J connectivity index is 2.05. The topological polar surface area (TPSA) is 37.8 Å². The minimum absolute atomic E-state index is 0.219. The van der Waals surface area contributed by atoms with Crippen LogP contribution in [0.25, 0.3) is 0 Å².